The van der Waals surface area contributed by atoms with Crippen molar-refractivity contribution in [3.8, 4) is 0 Å². The van der Waals surface area contributed by atoms with Gasteiger partial charge >= 0.3 is 0 Å². The zero-order valence-electron chi connectivity index (χ0n) is 17.9. The van der Waals surface area contributed by atoms with Crippen molar-refractivity contribution in [2.24, 2.45) is 4.99 Å². The molecular weight excluding hydrogens is 479 g/mol. The van der Waals surface area contributed by atoms with Gasteiger partial charge in [0.2, 0.25) is 0 Å². The zero-order valence-corrected chi connectivity index (χ0v) is 20.2. The van der Waals surface area contributed by atoms with E-state index in [1.54, 1.807) is 0 Å². The number of fused-ring (bicyclic) bond motifs is 1. The normalized spacial score (nSPS) is 16.4. The number of rotatable bonds is 8. The zero-order chi connectivity index (χ0) is 19.8. The number of imidazole rings is 1. The molecule has 1 fully saturated rings. The van der Waals surface area contributed by atoms with E-state index in [9.17, 15) is 0 Å². The molecule has 0 radical (unpaired) electrons. The highest BCUT2D eigenvalue weighted by molar-refractivity contribution is 14.0. The molecule has 1 aliphatic heterocycles. The second-order valence-electron chi connectivity index (χ2n) is 7.30. The van der Waals surface area contributed by atoms with E-state index < -0.39 is 0 Å². The summed E-state index contributed by atoms with van der Waals surface area (Å²) in [5.74, 6) is 1.97. The topological polar surface area (TPSA) is 66.7 Å². The van der Waals surface area contributed by atoms with Crippen LogP contribution >= 0.6 is 24.0 Å². The Kier molecular flexibility index (Phi) is 10.2. The van der Waals surface area contributed by atoms with Crippen LogP contribution in [0.4, 0.5) is 0 Å². The number of guanidine groups is 1. The number of aliphatic imine (C=N–C) groups is 1. The Morgan fingerprint density at radius 1 is 1.24 bits per heavy atom. The van der Waals surface area contributed by atoms with Gasteiger partial charge in [0.15, 0.2) is 5.96 Å². The average molecular weight is 514 g/mol. The van der Waals surface area contributed by atoms with E-state index in [0.717, 1.165) is 76.2 Å². The fraction of sp³-hybridized carbons (Fsp3) is 0.619. The molecule has 2 aromatic rings. The van der Waals surface area contributed by atoms with Gasteiger partial charge in [0.25, 0.3) is 0 Å². The molecule has 1 aromatic heterocycles. The van der Waals surface area contributed by atoms with E-state index in [-0.39, 0.29) is 24.0 Å². The predicted octanol–water partition coefficient (Wildman–Crippen LogP) is 2.63. The molecule has 7 nitrogen and oxygen atoms in total. The Morgan fingerprint density at radius 3 is 2.76 bits per heavy atom. The fourth-order valence-electron chi connectivity index (χ4n) is 3.62. The lowest BCUT2D eigenvalue weighted by Gasteiger charge is -2.31. The summed E-state index contributed by atoms with van der Waals surface area (Å²) in [6, 6.07) is 8.75. The number of benzene rings is 1. The van der Waals surface area contributed by atoms with E-state index in [1.807, 2.05) is 6.07 Å². The highest BCUT2D eigenvalue weighted by atomic mass is 127. The maximum Gasteiger partial charge on any atom is 0.191 e. The summed E-state index contributed by atoms with van der Waals surface area (Å²) in [6.45, 7) is 13.6. The minimum atomic E-state index is 0. The Balaban J connectivity index is 0.00000300. The van der Waals surface area contributed by atoms with Crippen LogP contribution in [-0.2, 0) is 11.3 Å². The molecule has 2 heterocycles. The number of nitrogens with one attached hydrogen (secondary N) is 2. The lowest BCUT2D eigenvalue weighted by atomic mass is 10.2. The number of hydrogen-bond donors (Lipinski definition) is 2. The third-order valence-electron chi connectivity index (χ3n) is 5.22. The molecule has 0 saturated carbocycles. The SMILES string of the molecule is CCNC(=NCC(C)N1CCOCC1)NCCCn1c(C)nc2ccccc21.I. The van der Waals surface area contributed by atoms with Crippen LogP contribution in [0, 0.1) is 6.92 Å². The molecule has 0 aliphatic carbocycles. The van der Waals surface area contributed by atoms with Gasteiger partial charge in [-0.3, -0.25) is 9.89 Å². The Bertz CT molecular complexity index is 772. The molecule has 162 valence electrons. The monoisotopic (exact) mass is 514 g/mol. The first-order chi connectivity index (χ1) is 13.7. The van der Waals surface area contributed by atoms with E-state index in [0.29, 0.717) is 6.04 Å². The summed E-state index contributed by atoms with van der Waals surface area (Å²) in [5.41, 5.74) is 2.28. The molecule has 29 heavy (non-hydrogen) atoms. The summed E-state index contributed by atoms with van der Waals surface area (Å²) in [4.78, 5) is 11.9. The minimum absolute atomic E-state index is 0. The van der Waals surface area contributed by atoms with Gasteiger partial charge in [-0.05, 0) is 39.3 Å². The summed E-state index contributed by atoms with van der Waals surface area (Å²) < 4.78 is 7.73. The van der Waals surface area contributed by atoms with Gasteiger partial charge in [0, 0.05) is 38.8 Å². The average Bonchev–Trinajstić information content (AvgIpc) is 3.04. The maximum atomic E-state index is 5.44. The van der Waals surface area contributed by atoms with Crippen molar-refractivity contribution >= 4 is 41.0 Å². The van der Waals surface area contributed by atoms with Gasteiger partial charge in [0.05, 0.1) is 30.8 Å². The summed E-state index contributed by atoms with van der Waals surface area (Å²) in [7, 11) is 0. The van der Waals surface area contributed by atoms with Crippen LogP contribution in [0.25, 0.3) is 11.0 Å². The Labute approximate surface area is 191 Å². The number of nitrogens with zero attached hydrogens (tertiary/aromatic N) is 4. The van der Waals surface area contributed by atoms with Crippen molar-refractivity contribution in [2.45, 2.75) is 39.8 Å². The van der Waals surface area contributed by atoms with Gasteiger partial charge in [-0.15, -0.1) is 24.0 Å². The van der Waals surface area contributed by atoms with Crippen LogP contribution in [0.3, 0.4) is 0 Å². The van der Waals surface area contributed by atoms with Crippen molar-refractivity contribution in [1.29, 1.82) is 0 Å². The molecule has 1 saturated heterocycles. The van der Waals surface area contributed by atoms with Gasteiger partial charge in [0.1, 0.15) is 5.82 Å². The first kappa shape index (κ1) is 23.9. The first-order valence-electron chi connectivity index (χ1n) is 10.4. The lowest BCUT2D eigenvalue weighted by Crippen LogP contribution is -2.44. The van der Waals surface area contributed by atoms with Crippen molar-refractivity contribution in [1.82, 2.24) is 25.1 Å². The number of hydrogen-bond acceptors (Lipinski definition) is 4. The van der Waals surface area contributed by atoms with E-state index in [2.05, 4.69) is 64.1 Å². The summed E-state index contributed by atoms with van der Waals surface area (Å²) in [6.07, 6.45) is 1.02. The molecule has 3 rings (SSSR count). The molecule has 1 atom stereocenters. The summed E-state index contributed by atoms with van der Waals surface area (Å²) >= 11 is 0. The first-order valence-corrected chi connectivity index (χ1v) is 10.4. The largest absolute Gasteiger partial charge is 0.379 e. The lowest BCUT2D eigenvalue weighted by molar-refractivity contribution is 0.0220. The predicted molar refractivity (Wildman–Crippen MR) is 130 cm³/mol. The molecule has 1 aromatic carbocycles. The minimum Gasteiger partial charge on any atom is -0.379 e. The van der Waals surface area contributed by atoms with E-state index in [4.69, 9.17) is 9.73 Å². The second-order valence-corrected chi connectivity index (χ2v) is 7.30. The van der Waals surface area contributed by atoms with Crippen molar-refractivity contribution < 1.29 is 4.74 Å². The Hall–Kier alpha value is -1.39. The number of para-hydroxylation sites is 2. The summed E-state index contributed by atoms with van der Waals surface area (Å²) in [5, 5.41) is 6.82. The van der Waals surface area contributed by atoms with Crippen LogP contribution in [0.5, 0.6) is 0 Å². The van der Waals surface area contributed by atoms with Crippen molar-refractivity contribution in [3.63, 3.8) is 0 Å². The molecular formula is C21H35IN6O. The smallest absolute Gasteiger partial charge is 0.191 e. The van der Waals surface area contributed by atoms with Crippen LogP contribution in [0.15, 0.2) is 29.3 Å². The van der Waals surface area contributed by atoms with Gasteiger partial charge < -0.3 is 19.9 Å². The van der Waals surface area contributed by atoms with Crippen molar-refractivity contribution in [3.05, 3.63) is 30.1 Å². The molecule has 1 unspecified atom stereocenters. The fourth-order valence-corrected chi connectivity index (χ4v) is 3.62. The number of ether oxygens (including phenoxy) is 1. The van der Waals surface area contributed by atoms with Crippen LogP contribution in [-0.4, -0.2) is 72.4 Å². The van der Waals surface area contributed by atoms with Crippen LogP contribution in [0.1, 0.15) is 26.1 Å². The van der Waals surface area contributed by atoms with E-state index >= 15 is 0 Å². The molecule has 1 aliphatic rings. The van der Waals surface area contributed by atoms with Crippen molar-refractivity contribution in [2.75, 3.05) is 45.9 Å². The standard InChI is InChI=1S/C21H34N6O.HI/c1-4-22-21(24-16-17(2)26-12-14-28-15-13-26)23-10-7-11-27-18(3)25-19-8-5-6-9-20(19)27;/h5-6,8-9,17H,4,7,10-16H2,1-3H3,(H2,22,23,24);1H. The van der Waals surface area contributed by atoms with Crippen LogP contribution in [0.2, 0.25) is 0 Å². The Morgan fingerprint density at radius 2 is 2.00 bits per heavy atom. The van der Waals surface area contributed by atoms with Gasteiger partial charge in [-0.2, -0.15) is 0 Å². The quantitative estimate of drug-likeness (QED) is 0.246. The van der Waals surface area contributed by atoms with E-state index in [1.165, 1.54) is 5.52 Å². The van der Waals surface area contributed by atoms with Gasteiger partial charge in [-0.25, -0.2) is 4.98 Å². The van der Waals surface area contributed by atoms with Gasteiger partial charge in [-0.1, -0.05) is 12.1 Å². The number of aryl methyl sites for hydroxylation is 2. The number of morpholine rings is 1. The maximum absolute atomic E-state index is 5.44. The third-order valence-corrected chi connectivity index (χ3v) is 5.22. The molecule has 0 spiro atoms. The number of halogens is 1. The highest BCUT2D eigenvalue weighted by Crippen LogP contribution is 2.15. The second kappa shape index (κ2) is 12.3. The highest BCUT2D eigenvalue weighted by Gasteiger charge is 2.16. The molecule has 0 bridgehead atoms. The molecule has 0 amide bonds. The number of aromatic nitrogens is 2. The van der Waals surface area contributed by atoms with Crippen LogP contribution < -0.4 is 10.6 Å². The molecule has 8 heteroatoms. The third kappa shape index (κ3) is 6.82. The molecule has 2 N–H and O–H groups in total.